The molecule has 21 heavy (non-hydrogen) atoms. The fraction of sp³-hybridized carbons (Fsp3) is 0.571. The number of nitriles is 2. The quantitative estimate of drug-likeness (QED) is 0.666. The molecule has 0 aromatic carbocycles. The molecule has 0 aliphatic carbocycles. The van der Waals surface area contributed by atoms with Crippen molar-refractivity contribution in [2.45, 2.75) is 32.6 Å². The molecule has 7 heteroatoms. The SMILES string of the molecule is CCCCNc1ncnc(N(CCC#N)CCC#N)c1N. The second-order valence-electron chi connectivity index (χ2n) is 4.54. The zero-order valence-corrected chi connectivity index (χ0v) is 12.3. The summed E-state index contributed by atoms with van der Waals surface area (Å²) in [6.45, 7) is 3.90. The van der Waals surface area contributed by atoms with Crippen LogP contribution in [0.3, 0.4) is 0 Å². The van der Waals surface area contributed by atoms with Gasteiger partial charge >= 0.3 is 0 Å². The van der Waals surface area contributed by atoms with Crippen LogP contribution in [0.25, 0.3) is 0 Å². The molecule has 0 amide bonds. The first-order chi connectivity index (χ1) is 10.2. The van der Waals surface area contributed by atoms with Gasteiger partial charge in [0.1, 0.15) is 12.0 Å². The Bertz CT molecular complexity index is 497. The second-order valence-corrected chi connectivity index (χ2v) is 4.54. The lowest BCUT2D eigenvalue weighted by molar-refractivity contribution is 0.780. The molecule has 1 aromatic heterocycles. The summed E-state index contributed by atoms with van der Waals surface area (Å²) >= 11 is 0. The Kier molecular flexibility index (Phi) is 7.37. The van der Waals surface area contributed by atoms with E-state index >= 15 is 0 Å². The number of hydrogen-bond donors (Lipinski definition) is 2. The molecule has 3 N–H and O–H groups in total. The number of anilines is 3. The minimum atomic E-state index is 0.355. The molecule has 0 aliphatic rings. The smallest absolute Gasteiger partial charge is 0.157 e. The number of nitrogen functional groups attached to an aromatic ring is 1. The van der Waals surface area contributed by atoms with E-state index in [1.165, 1.54) is 6.33 Å². The van der Waals surface area contributed by atoms with Crippen molar-refractivity contribution >= 4 is 17.3 Å². The van der Waals surface area contributed by atoms with Gasteiger partial charge in [-0.15, -0.1) is 0 Å². The van der Waals surface area contributed by atoms with E-state index in [1.807, 2.05) is 4.90 Å². The van der Waals surface area contributed by atoms with E-state index in [2.05, 4.69) is 34.3 Å². The Morgan fingerprint density at radius 1 is 1.24 bits per heavy atom. The average Bonchev–Trinajstić information content (AvgIpc) is 2.50. The third-order valence-electron chi connectivity index (χ3n) is 2.97. The van der Waals surface area contributed by atoms with Gasteiger partial charge in [0.2, 0.25) is 0 Å². The molecule has 7 nitrogen and oxygen atoms in total. The Balaban J connectivity index is 2.88. The highest BCUT2D eigenvalue weighted by molar-refractivity contribution is 5.74. The molecule has 1 heterocycles. The molecule has 0 fully saturated rings. The van der Waals surface area contributed by atoms with E-state index in [-0.39, 0.29) is 0 Å². The summed E-state index contributed by atoms with van der Waals surface area (Å²) in [5.41, 5.74) is 6.58. The minimum absolute atomic E-state index is 0.355. The van der Waals surface area contributed by atoms with Gasteiger partial charge in [-0.1, -0.05) is 13.3 Å². The fourth-order valence-corrected chi connectivity index (χ4v) is 1.86. The maximum Gasteiger partial charge on any atom is 0.157 e. The monoisotopic (exact) mass is 287 g/mol. The lowest BCUT2D eigenvalue weighted by Gasteiger charge is -2.23. The third kappa shape index (κ3) is 5.15. The summed E-state index contributed by atoms with van der Waals surface area (Å²) in [6.07, 6.45) is 4.28. The van der Waals surface area contributed by atoms with E-state index in [0.717, 1.165) is 19.4 Å². The maximum atomic E-state index is 8.74. The van der Waals surface area contributed by atoms with Crippen LogP contribution in [0.15, 0.2) is 6.33 Å². The van der Waals surface area contributed by atoms with Crippen molar-refractivity contribution < 1.29 is 0 Å². The van der Waals surface area contributed by atoms with Gasteiger partial charge in [-0.2, -0.15) is 10.5 Å². The Hall–Kier alpha value is -2.54. The molecule has 0 bridgehead atoms. The predicted octanol–water partition coefficient (Wildman–Crippen LogP) is 1.90. The van der Waals surface area contributed by atoms with Crippen LogP contribution in [0, 0.1) is 22.7 Å². The molecular formula is C14H21N7. The molecule has 1 aromatic rings. The molecule has 0 atom stereocenters. The van der Waals surface area contributed by atoms with E-state index in [4.69, 9.17) is 16.3 Å². The number of hydrogen-bond acceptors (Lipinski definition) is 7. The number of nitrogens with one attached hydrogen (secondary N) is 1. The van der Waals surface area contributed by atoms with Crippen molar-refractivity contribution in [3.05, 3.63) is 6.33 Å². The predicted molar refractivity (Wildman–Crippen MR) is 82.5 cm³/mol. The summed E-state index contributed by atoms with van der Waals surface area (Å²) in [4.78, 5) is 10.2. The van der Waals surface area contributed by atoms with Crippen molar-refractivity contribution in [1.82, 2.24) is 9.97 Å². The lowest BCUT2D eigenvalue weighted by atomic mass is 10.3. The van der Waals surface area contributed by atoms with Crippen LogP contribution in [-0.4, -0.2) is 29.6 Å². The molecule has 0 saturated heterocycles. The summed E-state index contributed by atoms with van der Waals surface area (Å²) in [6, 6.07) is 4.19. The van der Waals surface area contributed by atoms with Gasteiger partial charge in [0.25, 0.3) is 0 Å². The molecule has 0 saturated carbocycles. The number of rotatable bonds is 9. The summed E-state index contributed by atoms with van der Waals surface area (Å²) in [5, 5.41) is 20.7. The molecule has 0 spiro atoms. The van der Waals surface area contributed by atoms with Crippen LogP contribution in [-0.2, 0) is 0 Å². The van der Waals surface area contributed by atoms with Crippen molar-refractivity contribution in [3.8, 4) is 12.1 Å². The zero-order valence-electron chi connectivity index (χ0n) is 12.3. The molecule has 0 unspecified atom stereocenters. The van der Waals surface area contributed by atoms with E-state index < -0.39 is 0 Å². The zero-order chi connectivity index (χ0) is 15.5. The summed E-state index contributed by atoms with van der Waals surface area (Å²) in [5.74, 6) is 1.18. The normalized spacial score (nSPS) is 9.67. The van der Waals surface area contributed by atoms with Gasteiger partial charge in [-0.05, 0) is 6.42 Å². The highest BCUT2D eigenvalue weighted by Gasteiger charge is 2.14. The highest BCUT2D eigenvalue weighted by atomic mass is 15.2. The van der Waals surface area contributed by atoms with Gasteiger partial charge < -0.3 is 16.0 Å². The van der Waals surface area contributed by atoms with Crippen molar-refractivity contribution in [2.24, 2.45) is 0 Å². The van der Waals surface area contributed by atoms with E-state index in [1.54, 1.807) is 0 Å². The van der Waals surface area contributed by atoms with Crippen molar-refractivity contribution in [2.75, 3.05) is 35.6 Å². The summed E-state index contributed by atoms with van der Waals surface area (Å²) < 4.78 is 0. The maximum absolute atomic E-state index is 8.74. The first kappa shape index (κ1) is 16.5. The number of unbranched alkanes of at least 4 members (excludes halogenated alkanes) is 1. The van der Waals surface area contributed by atoms with Crippen LogP contribution in [0.4, 0.5) is 17.3 Å². The average molecular weight is 287 g/mol. The number of aromatic nitrogens is 2. The molecule has 0 aliphatic heterocycles. The van der Waals surface area contributed by atoms with Crippen molar-refractivity contribution in [1.29, 1.82) is 10.5 Å². The van der Waals surface area contributed by atoms with E-state index in [0.29, 0.717) is 43.3 Å². The lowest BCUT2D eigenvalue weighted by Crippen LogP contribution is -2.27. The standard InChI is InChI=1S/C14H21N7/c1-2-3-8-18-13-12(17)14(20-11-19-13)21(9-4-6-15)10-5-7-16/h11H,2-5,8-10,17H2,1H3,(H,18,19,20). The highest BCUT2D eigenvalue weighted by Crippen LogP contribution is 2.26. The first-order valence-corrected chi connectivity index (χ1v) is 7.07. The van der Waals surface area contributed by atoms with Crippen LogP contribution in [0.5, 0.6) is 0 Å². The Morgan fingerprint density at radius 2 is 1.90 bits per heavy atom. The fourth-order valence-electron chi connectivity index (χ4n) is 1.86. The van der Waals surface area contributed by atoms with Gasteiger partial charge in [0.05, 0.1) is 25.0 Å². The van der Waals surface area contributed by atoms with Gasteiger partial charge in [0.15, 0.2) is 11.6 Å². The third-order valence-corrected chi connectivity index (χ3v) is 2.97. The van der Waals surface area contributed by atoms with Crippen LogP contribution < -0.4 is 16.0 Å². The van der Waals surface area contributed by atoms with Crippen molar-refractivity contribution in [3.63, 3.8) is 0 Å². The number of nitrogens with zero attached hydrogens (tertiary/aromatic N) is 5. The van der Waals surface area contributed by atoms with Crippen LogP contribution in [0.1, 0.15) is 32.6 Å². The van der Waals surface area contributed by atoms with Gasteiger partial charge in [-0.25, -0.2) is 9.97 Å². The molecule has 0 radical (unpaired) electrons. The first-order valence-electron chi connectivity index (χ1n) is 7.07. The minimum Gasteiger partial charge on any atom is -0.393 e. The molecular weight excluding hydrogens is 266 g/mol. The van der Waals surface area contributed by atoms with E-state index in [9.17, 15) is 0 Å². The number of nitrogens with two attached hydrogens (primary N) is 1. The summed E-state index contributed by atoms with van der Waals surface area (Å²) in [7, 11) is 0. The second kappa shape index (κ2) is 9.38. The Labute approximate surface area is 125 Å². The Morgan fingerprint density at radius 3 is 2.48 bits per heavy atom. The van der Waals surface area contributed by atoms with Gasteiger partial charge in [-0.3, -0.25) is 0 Å². The van der Waals surface area contributed by atoms with Crippen LogP contribution >= 0.6 is 0 Å². The topological polar surface area (TPSA) is 115 Å². The van der Waals surface area contributed by atoms with Gasteiger partial charge in [0, 0.05) is 19.6 Å². The largest absolute Gasteiger partial charge is 0.393 e. The molecule has 112 valence electrons. The van der Waals surface area contributed by atoms with Crippen LogP contribution in [0.2, 0.25) is 0 Å². The molecule has 1 rings (SSSR count).